The highest BCUT2D eigenvalue weighted by molar-refractivity contribution is 5.97. The minimum absolute atomic E-state index is 0.000836. The molecule has 2 fully saturated rings. The lowest BCUT2D eigenvalue weighted by Crippen LogP contribution is -2.43. The smallest absolute Gasteiger partial charge is 0.260 e. The lowest BCUT2D eigenvalue weighted by molar-refractivity contribution is -0.140. The average Bonchev–Trinajstić information content (AvgIpc) is 3.18. The van der Waals surface area contributed by atoms with Crippen molar-refractivity contribution in [2.24, 2.45) is 0 Å². The third-order valence-electron chi connectivity index (χ3n) is 5.08. The van der Waals surface area contributed by atoms with Gasteiger partial charge in [0.1, 0.15) is 11.4 Å². The van der Waals surface area contributed by atoms with Crippen molar-refractivity contribution >= 4 is 17.5 Å². The maximum atomic E-state index is 12.7. The van der Waals surface area contributed by atoms with Crippen molar-refractivity contribution in [2.75, 3.05) is 44.8 Å². The summed E-state index contributed by atoms with van der Waals surface area (Å²) >= 11 is 0. The Morgan fingerprint density at radius 1 is 1.15 bits per heavy atom. The summed E-state index contributed by atoms with van der Waals surface area (Å²) in [5, 5.41) is 2.94. The molecule has 0 atom stereocenters. The van der Waals surface area contributed by atoms with Gasteiger partial charge in [-0.25, -0.2) is 0 Å². The molecule has 2 aliphatic rings. The summed E-state index contributed by atoms with van der Waals surface area (Å²) < 4.78 is 16.6. The van der Waals surface area contributed by atoms with Gasteiger partial charge in [0, 0.05) is 25.4 Å². The molecule has 0 spiro atoms. The molecule has 0 radical (unpaired) electrons. The van der Waals surface area contributed by atoms with Gasteiger partial charge in [0.15, 0.2) is 6.61 Å². The lowest BCUT2D eigenvalue weighted by Gasteiger charge is -2.27. The highest BCUT2D eigenvalue weighted by Gasteiger charge is 2.41. The average molecular weight is 376 g/mol. The molecule has 1 aromatic rings. The Balaban J connectivity index is 1.51. The van der Waals surface area contributed by atoms with Crippen molar-refractivity contribution in [1.82, 2.24) is 4.90 Å². The number of nitrogens with one attached hydrogen (secondary N) is 1. The number of nitrogens with zero attached hydrogens (tertiary/aromatic N) is 1. The first-order chi connectivity index (χ1) is 13.1. The molecule has 1 saturated carbocycles. The molecular weight excluding hydrogens is 348 g/mol. The summed E-state index contributed by atoms with van der Waals surface area (Å²) in [5.41, 5.74) is -0.00746. The molecule has 1 saturated heterocycles. The van der Waals surface area contributed by atoms with Crippen LogP contribution in [0.2, 0.25) is 0 Å². The number of ether oxygens (including phenoxy) is 3. The first-order valence-corrected chi connectivity index (χ1v) is 9.67. The Hall–Kier alpha value is -2.12. The summed E-state index contributed by atoms with van der Waals surface area (Å²) in [5.74, 6) is 0.462. The van der Waals surface area contributed by atoms with Crippen molar-refractivity contribution in [3.63, 3.8) is 0 Å². The normalized spacial score (nSPS) is 18.9. The van der Waals surface area contributed by atoms with E-state index in [1.54, 1.807) is 29.2 Å². The summed E-state index contributed by atoms with van der Waals surface area (Å²) in [6, 6.07) is 7.07. The molecule has 2 amide bonds. The quantitative estimate of drug-likeness (QED) is 0.790. The largest absolute Gasteiger partial charge is 0.484 e. The van der Waals surface area contributed by atoms with Gasteiger partial charge < -0.3 is 24.4 Å². The molecule has 148 valence electrons. The van der Waals surface area contributed by atoms with E-state index in [9.17, 15) is 9.59 Å². The van der Waals surface area contributed by atoms with Crippen LogP contribution in [0.1, 0.15) is 32.6 Å². The number of rotatable bonds is 7. The van der Waals surface area contributed by atoms with E-state index in [1.807, 2.05) is 6.92 Å². The molecular formula is C20H28N2O5. The zero-order valence-corrected chi connectivity index (χ0v) is 15.9. The van der Waals surface area contributed by atoms with E-state index < -0.39 is 5.60 Å². The number of morpholine rings is 1. The van der Waals surface area contributed by atoms with Crippen LogP contribution in [-0.2, 0) is 19.1 Å². The fourth-order valence-electron chi connectivity index (χ4n) is 3.59. The van der Waals surface area contributed by atoms with Crippen LogP contribution < -0.4 is 10.1 Å². The molecule has 1 aliphatic carbocycles. The van der Waals surface area contributed by atoms with Gasteiger partial charge in [0.25, 0.3) is 11.8 Å². The second kappa shape index (κ2) is 9.19. The van der Waals surface area contributed by atoms with Gasteiger partial charge in [-0.1, -0.05) is 0 Å². The standard InChI is InChI=1S/C20H28N2O5/c1-2-27-20(9-3-4-10-20)19(24)21-16-5-7-17(8-6-16)26-15-18(23)22-11-13-25-14-12-22/h5-8H,2-4,9-15H2,1H3,(H,21,24). The third kappa shape index (κ3) is 4.99. The van der Waals surface area contributed by atoms with Crippen LogP contribution in [0.15, 0.2) is 24.3 Å². The second-order valence-electron chi connectivity index (χ2n) is 6.89. The molecule has 27 heavy (non-hydrogen) atoms. The van der Waals surface area contributed by atoms with E-state index in [0.29, 0.717) is 44.3 Å². The SMILES string of the molecule is CCOC1(C(=O)Nc2ccc(OCC(=O)N3CCOCC3)cc2)CCCC1. The van der Waals surface area contributed by atoms with E-state index >= 15 is 0 Å². The van der Waals surface area contributed by atoms with E-state index in [-0.39, 0.29) is 18.4 Å². The van der Waals surface area contributed by atoms with Gasteiger partial charge in [0.2, 0.25) is 0 Å². The first kappa shape index (κ1) is 19.6. The number of benzene rings is 1. The van der Waals surface area contributed by atoms with Gasteiger partial charge in [-0.05, 0) is 56.9 Å². The van der Waals surface area contributed by atoms with Gasteiger partial charge in [-0.2, -0.15) is 0 Å². The maximum absolute atomic E-state index is 12.7. The first-order valence-electron chi connectivity index (χ1n) is 9.67. The monoisotopic (exact) mass is 376 g/mol. The van der Waals surface area contributed by atoms with Crippen LogP contribution in [0.4, 0.5) is 5.69 Å². The molecule has 1 aromatic carbocycles. The van der Waals surface area contributed by atoms with Crippen LogP contribution in [-0.4, -0.2) is 61.8 Å². The summed E-state index contributed by atoms with van der Waals surface area (Å²) in [7, 11) is 0. The molecule has 0 unspecified atom stereocenters. The minimum Gasteiger partial charge on any atom is -0.484 e. The Kier molecular flexibility index (Phi) is 6.68. The zero-order valence-electron chi connectivity index (χ0n) is 15.9. The number of carbonyl (C=O) groups excluding carboxylic acids is 2. The summed E-state index contributed by atoms with van der Waals surface area (Å²) in [6.07, 6.45) is 3.55. The maximum Gasteiger partial charge on any atom is 0.260 e. The number of hydrogen-bond donors (Lipinski definition) is 1. The number of anilines is 1. The van der Waals surface area contributed by atoms with Crippen LogP contribution in [0.3, 0.4) is 0 Å². The van der Waals surface area contributed by atoms with E-state index in [2.05, 4.69) is 5.32 Å². The predicted octanol–water partition coefficient (Wildman–Crippen LogP) is 2.21. The predicted molar refractivity (Wildman–Crippen MR) is 101 cm³/mol. The van der Waals surface area contributed by atoms with Crippen molar-refractivity contribution in [3.8, 4) is 5.75 Å². The Bertz CT molecular complexity index is 634. The molecule has 3 rings (SSSR count). The minimum atomic E-state index is -0.700. The topological polar surface area (TPSA) is 77.1 Å². The molecule has 1 heterocycles. The van der Waals surface area contributed by atoms with Gasteiger partial charge >= 0.3 is 0 Å². The Morgan fingerprint density at radius 3 is 2.44 bits per heavy atom. The van der Waals surface area contributed by atoms with Crippen LogP contribution in [0, 0.1) is 0 Å². The van der Waals surface area contributed by atoms with Crippen molar-refractivity contribution < 1.29 is 23.8 Å². The fraction of sp³-hybridized carbons (Fsp3) is 0.600. The van der Waals surface area contributed by atoms with E-state index in [4.69, 9.17) is 14.2 Å². The van der Waals surface area contributed by atoms with Crippen LogP contribution in [0.25, 0.3) is 0 Å². The molecule has 0 bridgehead atoms. The Labute approximate surface area is 160 Å². The lowest BCUT2D eigenvalue weighted by atomic mass is 10.0. The number of hydrogen-bond acceptors (Lipinski definition) is 5. The molecule has 1 N–H and O–H groups in total. The number of carbonyl (C=O) groups is 2. The molecule has 7 heteroatoms. The highest BCUT2D eigenvalue weighted by Crippen LogP contribution is 2.34. The third-order valence-corrected chi connectivity index (χ3v) is 5.08. The van der Waals surface area contributed by atoms with Gasteiger partial charge in [-0.15, -0.1) is 0 Å². The molecule has 0 aromatic heterocycles. The number of amides is 2. The van der Waals surface area contributed by atoms with Crippen molar-refractivity contribution in [1.29, 1.82) is 0 Å². The zero-order chi connectivity index (χ0) is 19.1. The van der Waals surface area contributed by atoms with Crippen molar-refractivity contribution in [2.45, 2.75) is 38.2 Å². The Morgan fingerprint density at radius 2 is 1.81 bits per heavy atom. The second-order valence-corrected chi connectivity index (χ2v) is 6.89. The van der Waals surface area contributed by atoms with Crippen LogP contribution in [0.5, 0.6) is 5.75 Å². The molecule has 7 nitrogen and oxygen atoms in total. The highest BCUT2D eigenvalue weighted by atomic mass is 16.5. The van der Waals surface area contributed by atoms with Gasteiger partial charge in [-0.3, -0.25) is 9.59 Å². The molecule has 1 aliphatic heterocycles. The van der Waals surface area contributed by atoms with Gasteiger partial charge in [0.05, 0.1) is 13.2 Å². The van der Waals surface area contributed by atoms with E-state index in [1.165, 1.54) is 0 Å². The summed E-state index contributed by atoms with van der Waals surface area (Å²) in [6.45, 7) is 4.80. The van der Waals surface area contributed by atoms with E-state index in [0.717, 1.165) is 25.7 Å². The van der Waals surface area contributed by atoms with Crippen LogP contribution >= 0.6 is 0 Å². The fourth-order valence-corrected chi connectivity index (χ4v) is 3.59. The summed E-state index contributed by atoms with van der Waals surface area (Å²) in [4.78, 5) is 26.5. The van der Waals surface area contributed by atoms with Crippen molar-refractivity contribution in [3.05, 3.63) is 24.3 Å².